The first-order chi connectivity index (χ1) is 3.79. The second-order valence-corrected chi connectivity index (χ2v) is 1.55. The Balaban J connectivity index is 0.000000640. The monoisotopic (exact) mass is 191 g/mol. The van der Waals surface area contributed by atoms with Crippen LogP contribution in [-0.2, 0) is 0 Å². The summed E-state index contributed by atoms with van der Waals surface area (Å²) >= 11 is 0. The number of nitrogen functional groups attached to an aromatic ring is 1. The highest BCUT2D eigenvalue weighted by atomic mass is 79.9. The summed E-state index contributed by atoms with van der Waals surface area (Å²) in [7, 11) is 0. The van der Waals surface area contributed by atoms with E-state index in [4.69, 9.17) is 5.73 Å². The Morgan fingerprint density at radius 3 is 1.89 bits per heavy atom. The van der Waals surface area contributed by atoms with Gasteiger partial charge in [-0.1, -0.05) is 0 Å². The zero-order chi connectivity index (χ0) is 5.98. The molecule has 0 aliphatic heterocycles. The fourth-order valence-corrected chi connectivity index (χ4v) is 0.463. The Morgan fingerprint density at radius 1 is 1.11 bits per heavy atom. The van der Waals surface area contributed by atoms with Crippen LogP contribution in [0.4, 0.5) is 10.1 Å². The van der Waals surface area contributed by atoms with Gasteiger partial charge in [-0.15, -0.1) is 17.0 Å². The summed E-state index contributed by atoms with van der Waals surface area (Å²) in [6, 6.07) is 5.70. The third kappa shape index (κ3) is 2.46. The highest BCUT2D eigenvalue weighted by molar-refractivity contribution is 8.93. The molecule has 1 aromatic carbocycles. The van der Waals surface area contributed by atoms with Gasteiger partial charge in [0, 0.05) is 5.69 Å². The molecule has 1 nitrogen and oxygen atoms in total. The lowest BCUT2D eigenvalue weighted by Crippen LogP contribution is -1.82. The van der Waals surface area contributed by atoms with Crippen molar-refractivity contribution in [2.75, 3.05) is 5.73 Å². The number of rotatable bonds is 0. The fraction of sp³-hybridized carbons (Fsp3) is 0. The van der Waals surface area contributed by atoms with E-state index in [0.717, 1.165) is 0 Å². The van der Waals surface area contributed by atoms with Gasteiger partial charge < -0.3 is 5.73 Å². The van der Waals surface area contributed by atoms with Crippen LogP contribution >= 0.6 is 17.0 Å². The summed E-state index contributed by atoms with van der Waals surface area (Å²) in [5.41, 5.74) is 5.85. The Labute approximate surface area is 63.4 Å². The summed E-state index contributed by atoms with van der Waals surface area (Å²) < 4.78 is 12.0. The summed E-state index contributed by atoms with van der Waals surface area (Å²) in [4.78, 5) is 0. The zero-order valence-corrected chi connectivity index (χ0v) is 6.39. The number of nitrogens with two attached hydrogens (primary N) is 1. The molecule has 0 radical (unpaired) electrons. The van der Waals surface area contributed by atoms with E-state index < -0.39 is 0 Å². The summed E-state index contributed by atoms with van der Waals surface area (Å²) in [6.07, 6.45) is 0. The van der Waals surface area contributed by atoms with Crippen LogP contribution in [0.1, 0.15) is 0 Å². The van der Waals surface area contributed by atoms with Crippen LogP contribution in [0, 0.1) is 5.82 Å². The molecule has 0 fully saturated rings. The molecule has 0 heterocycles. The van der Waals surface area contributed by atoms with E-state index in [1.165, 1.54) is 24.3 Å². The van der Waals surface area contributed by atoms with Gasteiger partial charge in [-0.25, -0.2) is 4.39 Å². The molecule has 0 saturated carbocycles. The van der Waals surface area contributed by atoms with Crippen molar-refractivity contribution in [3.8, 4) is 0 Å². The molecule has 0 aromatic heterocycles. The Morgan fingerprint density at radius 2 is 1.56 bits per heavy atom. The van der Waals surface area contributed by atoms with Crippen LogP contribution in [0.5, 0.6) is 0 Å². The van der Waals surface area contributed by atoms with E-state index in [-0.39, 0.29) is 22.8 Å². The minimum Gasteiger partial charge on any atom is -0.399 e. The number of hydrogen-bond acceptors (Lipinski definition) is 1. The van der Waals surface area contributed by atoms with E-state index in [9.17, 15) is 4.39 Å². The lowest BCUT2D eigenvalue weighted by Gasteiger charge is -1.87. The summed E-state index contributed by atoms with van der Waals surface area (Å²) in [5.74, 6) is -0.251. The fourth-order valence-electron chi connectivity index (χ4n) is 0.463. The quantitative estimate of drug-likeness (QED) is 0.625. The SMILES string of the molecule is Br.Nc1ccc(F)cc1. The lowest BCUT2D eigenvalue weighted by atomic mass is 10.3. The largest absolute Gasteiger partial charge is 0.399 e. The van der Waals surface area contributed by atoms with E-state index in [2.05, 4.69) is 0 Å². The van der Waals surface area contributed by atoms with Gasteiger partial charge in [-0.05, 0) is 24.3 Å². The number of anilines is 1. The Bertz CT molecular complexity index is 152. The molecule has 0 aliphatic carbocycles. The minimum absolute atomic E-state index is 0. The Kier molecular flexibility index (Phi) is 3.24. The number of halogens is 2. The average molecular weight is 192 g/mol. The second-order valence-electron chi connectivity index (χ2n) is 1.55. The van der Waals surface area contributed by atoms with E-state index in [1.807, 2.05) is 0 Å². The standard InChI is InChI=1S/C6H6FN.BrH/c7-5-1-3-6(8)4-2-5;/h1-4H,8H2;1H. The minimum atomic E-state index is -0.251. The summed E-state index contributed by atoms with van der Waals surface area (Å²) in [6.45, 7) is 0. The van der Waals surface area contributed by atoms with Gasteiger partial charge in [0.2, 0.25) is 0 Å². The van der Waals surface area contributed by atoms with Crippen LogP contribution in [0.25, 0.3) is 0 Å². The smallest absolute Gasteiger partial charge is 0.123 e. The normalized spacial score (nSPS) is 8.11. The highest BCUT2D eigenvalue weighted by Crippen LogP contribution is 2.01. The maximum absolute atomic E-state index is 12.0. The van der Waals surface area contributed by atoms with Gasteiger partial charge in [-0.3, -0.25) is 0 Å². The van der Waals surface area contributed by atoms with Gasteiger partial charge in [0.25, 0.3) is 0 Å². The van der Waals surface area contributed by atoms with Crippen molar-refractivity contribution in [2.45, 2.75) is 0 Å². The van der Waals surface area contributed by atoms with E-state index >= 15 is 0 Å². The Hall–Kier alpha value is -0.570. The van der Waals surface area contributed by atoms with Crippen molar-refractivity contribution < 1.29 is 4.39 Å². The molecule has 0 atom stereocenters. The molecule has 0 amide bonds. The first-order valence-electron chi connectivity index (χ1n) is 2.30. The van der Waals surface area contributed by atoms with Crippen molar-refractivity contribution in [1.82, 2.24) is 0 Å². The molecular formula is C6H7BrFN. The molecule has 0 aliphatic rings. The molecular weight excluding hydrogens is 185 g/mol. The molecule has 0 saturated heterocycles. The number of benzene rings is 1. The lowest BCUT2D eigenvalue weighted by molar-refractivity contribution is 0.628. The van der Waals surface area contributed by atoms with Crippen molar-refractivity contribution in [1.29, 1.82) is 0 Å². The van der Waals surface area contributed by atoms with E-state index in [0.29, 0.717) is 5.69 Å². The van der Waals surface area contributed by atoms with Crippen molar-refractivity contribution >= 4 is 22.7 Å². The molecule has 0 unspecified atom stereocenters. The van der Waals surface area contributed by atoms with Gasteiger partial charge in [0.05, 0.1) is 0 Å². The third-order valence-electron chi connectivity index (χ3n) is 0.870. The maximum atomic E-state index is 12.0. The van der Waals surface area contributed by atoms with Crippen LogP contribution in [0.15, 0.2) is 24.3 Å². The van der Waals surface area contributed by atoms with Gasteiger partial charge in [0.15, 0.2) is 0 Å². The van der Waals surface area contributed by atoms with Crippen LogP contribution < -0.4 is 5.73 Å². The first-order valence-corrected chi connectivity index (χ1v) is 2.30. The summed E-state index contributed by atoms with van der Waals surface area (Å²) in [5, 5.41) is 0. The third-order valence-corrected chi connectivity index (χ3v) is 0.870. The molecule has 1 rings (SSSR count). The van der Waals surface area contributed by atoms with Crippen LogP contribution in [-0.4, -0.2) is 0 Å². The maximum Gasteiger partial charge on any atom is 0.123 e. The first kappa shape index (κ1) is 8.43. The topological polar surface area (TPSA) is 26.0 Å². The highest BCUT2D eigenvalue weighted by Gasteiger charge is 1.83. The second kappa shape index (κ2) is 3.45. The average Bonchev–Trinajstić information content (AvgIpc) is 1.77. The molecule has 1 aromatic rings. The predicted molar refractivity (Wildman–Crippen MR) is 41.1 cm³/mol. The molecule has 9 heavy (non-hydrogen) atoms. The molecule has 0 spiro atoms. The van der Waals surface area contributed by atoms with Gasteiger partial charge in [-0.2, -0.15) is 0 Å². The molecule has 3 heteroatoms. The zero-order valence-electron chi connectivity index (χ0n) is 4.67. The van der Waals surface area contributed by atoms with Crippen molar-refractivity contribution in [2.24, 2.45) is 0 Å². The van der Waals surface area contributed by atoms with Crippen LogP contribution in [0.2, 0.25) is 0 Å². The van der Waals surface area contributed by atoms with E-state index in [1.54, 1.807) is 0 Å². The van der Waals surface area contributed by atoms with Crippen molar-refractivity contribution in [3.63, 3.8) is 0 Å². The number of hydrogen-bond donors (Lipinski definition) is 1. The van der Waals surface area contributed by atoms with Gasteiger partial charge in [0.1, 0.15) is 5.82 Å². The molecule has 0 bridgehead atoms. The molecule has 50 valence electrons. The van der Waals surface area contributed by atoms with Crippen LogP contribution in [0.3, 0.4) is 0 Å². The predicted octanol–water partition coefficient (Wildman–Crippen LogP) is 1.99. The molecule has 2 N–H and O–H groups in total. The van der Waals surface area contributed by atoms with Crippen molar-refractivity contribution in [3.05, 3.63) is 30.1 Å². The van der Waals surface area contributed by atoms with Gasteiger partial charge >= 0.3 is 0 Å².